The molecule has 1 aliphatic rings. The second kappa shape index (κ2) is 10.4. The lowest BCUT2D eigenvalue weighted by Gasteiger charge is -2.23. The van der Waals surface area contributed by atoms with Crippen molar-refractivity contribution in [2.75, 3.05) is 13.2 Å². The summed E-state index contributed by atoms with van der Waals surface area (Å²) in [7, 11) is 0. The average Bonchev–Trinajstić information content (AvgIpc) is 2.43. The second-order valence-corrected chi connectivity index (χ2v) is 3.82. The van der Waals surface area contributed by atoms with Gasteiger partial charge in [0.15, 0.2) is 6.29 Å². The van der Waals surface area contributed by atoms with Crippen LogP contribution in [0.25, 0.3) is 0 Å². The van der Waals surface area contributed by atoms with Crippen LogP contribution < -0.4 is 0 Å². The molecule has 1 heterocycles. The molecule has 2 atom stereocenters. The highest BCUT2D eigenvalue weighted by molar-refractivity contribution is 5.16. The highest BCUT2D eigenvalue weighted by Gasteiger charge is 2.16. The molecule has 0 aromatic carbocycles. The molecule has 0 aromatic heterocycles. The van der Waals surface area contributed by atoms with E-state index in [0.717, 1.165) is 19.3 Å². The molecule has 0 aliphatic carbocycles. The first-order chi connectivity index (χ1) is 9.33. The van der Waals surface area contributed by atoms with Crippen LogP contribution in [0.3, 0.4) is 0 Å². The second-order valence-electron chi connectivity index (χ2n) is 3.82. The van der Waals surface area contributed by atoms with Crippen molar-refractivity contribution in [3.05, 3.63) is 0 Å². The van der Waals surface area contributed by atoms with Crippen LogP contribution >= 0.6 is 0 Å². The minimum atomic E-state index is -1.13. The molecule has 0 amide bonds. The summed E-state index contributed by atoms with van der Waals surface area (Å²) in [4.78, 5) is 0. The molecular weight excluding hydrogens is 244 g/mol. The number of hydrogen-bond acceptors (Lipinski definition) is 4. The Hall–Kier alpha value is -1.48. The molecule has 102 valence electrons. The van der Waals surface area contributed by atoms with Gasteiger partial charge in [-0.1, -0.05) is 29.6 Å². The summed E-state index contributed by atoms with van der Waals surface area (Å²) in [6.45, 7) is 0.527. The van der Waals surface area contributed by atoms with Crippen LogP contribution in [0.1, 0.15) is 32.1 Å². The zero-order valence-corrected chi connectivity index (χ0v) is 10.8. The quantitative estimate of drug-likeness (QED) is 0.566. The molecule has 2 unspecified atom stereocenters. The van der Waals surface area contributed by atoms with E-state index in [2.05, 4.69) is 35.5 Å². The van der Waals surface area contributed by atoms with Crippen LogP contribution in [0.2, 0.25) is 0 Å². The lowest BCUT2D eigenvalue weighted by atomic mass is 10.2. The van der Waals surface area contributed by atoms with Crippen molar-refractivity contribution in [1.29, 1.82) is 0 Å². The van der Waals surface area contributed by atoms with Crippen molar-refractivity contribution in [1.82, 2.24) is 0 Å². The average molecular weight is 262 g/mol. The third-order valence-corrected chi connectivity index (χ3v) is 2.33. The van der Waals surface area contributed by atoms with Crippen LogP contribution in [0.4, 0.5) is 0 Å². The number of aliphatic hydroxyl groups is 2. The van der Waals surface area contributed by atoms with Crippen LogP contribution in [0, 0.1) is 35.5 Å². The molecule has 2 N–H and O–H groups in total. The van der Waals surface area contributed by atoms with E-state index in [0.29, 0.717) is 19.4 Å². The van der Waals surface area contributed by atoms with E-state index >= 15 is 0 Å². The summed E-state index contributed by atoms with van der Waals surface area (Å²) >= 11 is 0. The molecule has 0 spiro atoms. The topological polar surface area (TPSA) is 58.9 Å². The highest BCUT2D eigenvalue weighted by atomic mass is 16.7. The number of hydrogen-bond donors (Lipinski definition) is 2. The number of rotatable bonds is 2. The van der Waals surface area contributed by atoms with Gasteiger partial charge in [-0.3, -0.25) is 0 Å². The van der Waals surface area contributed by atoms with Crippen LogP contribution in [0.15, 0.2) is 0 Å². The third-order valence-electron chi connectivity index (χ3n) is 2.33. The fourth-order valence-electron chi connectivity index (χ4n) is 1.47. The molecule has 0 bridgehead atoms. The Morgan fingerprint density at radius 3 is 2.53 bits per heavy atom. The fraction of sp³-hybridized carbons (Fsp3) is 0.600. The van der Waals surface area contributed by atoms with Crippen molar-refractivity contribution in [2.45, 2.75) is 44.7 Å². The maximum Gasteiger partial charge on any atom is 0.222 e. The zero-order chi connectivity index (χ0) is 13.8. The maximum absolute atomic E-state index is 9.50. The molecule has 1 rings (SSSR count). The molecule has 1 aliphatic heterocycles. The normalized spacial score (nSPS) is 18.9. The molecular formula is C15H18O4. The van der Waals surface area contributed by atoms with Gasteiger partial charge in [0.1, 0.15) is 6.61 Å². The third kappa shape index (κ3) is 8.27. The largest absolute Gasteiger partial charge is 0.384 e. The van der Waals surface area contributed by atoms with Gasteiger partial charge in [0.05, 0.1) is 12.8 Å². The lowest BCUT2D eigenvalue weighted by molar-refractivity contribution is -0.220. The number of aliphatic hydroxyl groups excluding tert-OH is 2. The van der Waals surface area contributed by atoms with E-state index < -0.39 is 6.29 Å². The highest BCUT2D eigenvalue weighted by Crippen LogP contribution is 2.14. The summed E-state index contributed by atoms with van der Waals surface area (Å²) in [5.41, 5.74) is 0. The van der Waals surface area contributed by atoms with Crippen LogP contribution in [0.5, 0.6) is 0 Å². The van der Waals surface area contributed by atoms with Gasteiger partial charge >= 0.3 is 0 Å². The van der Waals surface area contributed by atoms with E-state index in [4.69, 9.17) is 14.6 Å². The first kappa shape index (κ1) is 15.6. The van der Waals surface area contributed by atoms with Gasteiger partial charge in [-0.2, -0.15) is 0 Å². The van der Waals surface area contributed by atoms with E-state index in [1.807, 2.05) is 0 Å². The van der Waals surface area contributed by atoms with Gasteiger partial charge in [-0.15, -0.1) is 0 Å². The summed E-state index contributed by atoms with van der Waals surface area (Å²) in [5.74, 6) is 16.0. The summed E-state index contributed by atoms with van der Waals surface area (Å²) in [6, 6.07) is 0. The monoisotopic (exact) mass is 262 g/mol. The van der Waals surface area contributed by atoms with Crippen LogP contribution in [-0.2, 0) is 9.47 Å². The lowest BCUT2D eigenvalue weighted by Crippen LogP contribution is -2.27. The predicted octanol–water partition coefficient (Wildman–Crippen LogP) is 0.631. The van der Waals surface area contributed by atoms with Gasteiger partial charge in [-0.25, -0.2) is 0 Å². The van der Waals surface area contributed by atoms with Gasteiger partial charge < -0.3 is 19.7 Å². The molecule has 1 saturated heterocycles. The zero-order valence-electron chi connectivity index (χ0n) is 10.8. The molecule has 0 aromatic rings. The van der Waals surface area contributed by atoms with Crippen molar-refractivity contribution in [2.24, 2.45) is 0 Å². The van der Waals surface area contributed by atoms with E-state index in [1.54, 1.807) is 0 Å². The summed E-state index contributed by atoms with van der Waals surface area (Å²) < 4.78 is 10.5. The SMILES string of the molecule is OCC#CCC#CCC#CC(O)OC1CCCCO1. The Kier molecular flexibility index (Phi) is 8.56. The minimum absolute atomic E-state index is 0.145. The maximum atomic E-state index is 9.50. The van der Waals surface area contributed by atoms with E-state index in [9.17, 15) is 5.11 Å². The Balaban J connectivity index is 2.17. The molecule has 19 heavy (non-hydrogen) atoms. The van der Waals surface area contributed by atoms with Crippen LogP contribution in [-0.4, -0.2) is 36.0 Å². The number of ether oxygens (including phenoxy) is 2. The fourth-order valence-corrected chi connectivity index (χ4v) is 1.47. The molecule has 4 nitrogen and oxygen atoms in total. The molecule has 0 saturated carbocycles. The van der Waals surface area contributed by atoms with E-state index in [-0.39, 0.29) is 12.9 Å². The van der Waals surface area contributed by atoms with Crippen molar-refractivity contribution in [3.8, 4) is 35.5 Å². The smallest absolute Gasteiger partial charge is 0.222 e. The molecule has 0 radical (unpaired) electrons. The van der Waals surface area contributed by atoms with Crippen molar-refractivity contribution >= 4 is 0 Å². The first-order valence-electron chi connectivity index (χ1n) is 6.28. The summed E-state index contributed by atoms with van der Waals surface area (Å²) in [5, 5.41) is 17.9. The Labute approximate surface area is 114 Å². The standard InChI is InChI=1S/C15H18O4/c16-12-8-5-3-1-2-4-6-10-14(17)19-15-11-7-9-13-18-15/h14-17H,3-4,7,9,11-13H2. The summed E-state index contributed by atoms with van der Waals surface area (Å²) in [6.07, 6.45) is 2.17. The van der Waals surface area contributed by atoms with Gasteiger partial charge in [0.25, 0.3) is 0 Å². The Morgan fingerprint density at radius 1 is 1.11 bits per heavy atom. The molecule has 1 fully saturated rings. The van der Waals surface area contributed by atoms with Gasteiger partial charge in [0.2, 0.25) is 6.29 Å². The predicted molar refractivity (Wildman–Crippen MR) is 70.3 cm³/mol. The molecule has 4 heteroatoms. The first-order valence-corrected chi connectivity index (χ1v) is 6.28. The van der Waals surface area contributed by atoms with Gasteiger partial charge in [-0.05, 0) is 25.2 Å². The Morgan fingerprint density at radius 2 is 1.84 bits per heavy atom. The minimum Gasteiger partial charge on any atom is -0.384 e. The van der Waals surface area contributed by atoms with Gasteiger partial charge in [0, 0.05) is 6.61 Å². The van der Waals surface area contributed by atoms with E-state index in [1.165, 1.54) is 0 Å². The van der Waals surface area contributed by atoms with Crippen molar-refractivity contribution < 1.29 is 19.7 Å². The Bertz CT molecular complexity index is 418. The van der Waals surface area contributed by atoms with Crippen molar-refractivity contribution in [3.63, 3.8) is 0 Å².